The predicted molar refractivity (Wildman–Crippen MR) is 83.6 cm³/mol. The van der Waals surface area contributed by atoms with E-state index in [1.54, 1.807) is 42.5 Å². The number of esters is 1. The van der Waals surface area contributed by atoms with Crippen LogP contribution in [0.4, 0.5) is 0 Å². The lowest BCUT2D eigenvalue weighted by Gasteiger charge is -2.02. The highest BCUT2D eigenvalue weighted by molar-refractivity contribution is 6.31. The van der Waals surface area contributed by atoms with Gasteiger partial charge in [-0.2, -0.15) is 0 Å². The van der Waals surface area contributed by atoms with Crippen molar-refractivity contribution in [1.29, 1.82) is 0 Å². The number of rotatable bonds is 3. The molecule has 0 fully saturated rings. The third kappa shape index (κ3) is 2.80. The standard InChI is InChI=1S/C17H10ClNO3/c1-2-8-21-17(20)12-5-3-4-11(9-12)16-19-14-10-13(18)6-7-15(14)22-16/h1,3-7,9-10H,8H2. The van der Waals surface area contributed by atoms with Crippen LogP contribution in [0.25, 0.3) is 22.6 Å². The third-order valence-corrected chi connectivity index (χ3v) is 3.22. The minimum absolute atomic E-state index is 0.0650. The first-order valence-corrected chi connectivity index (χ1v) is 6.82. The summed E-state index contributed by atoms with van der Waals surface area (Å²) in [5.74, 6) is 2.17. The highest BCUT2D eigenvalue weighted by atomic mass is 35.5. The fourth-order valence-corrected chi connectivity index (χ4v) is 2.16. The summed E-state index contributed by atoms with van der Waals surface area (Å²) in [5, 5.41) is 0.582. The normalized spacial score (nSPS) is 10.4. The monoisotopic (exact) mass is 311 g/mol. The van der Waals surface area contributed by atoms with Gasteiger partial charge in [0.2, 0.25) is 5.89 Å². The molecule has 3 aromatic rings. The van der Waals surface area contributed by atoms with Gasteiger partial charge in [-0.1, -0.05) is 23.6 Å². The van der Waals surface area contributed by atoms with Crippen LogP contribution in [0, 0.1) is 12.3 Å². The van der Waals surface area contributed by atoms with Gasteiger partial charge in [0.25, 0.3) is 0 Å². The summed E-state index contributed by atoms with van der Waals surface area (Å²) in [4.78, 5) is 16.2. The zero-order chi connectivity index (χ0) is 15.5. The van der Waals surface area contributed by atoms with E-state index in [0.717, 1.165) is 0 Å². The highest BCUT2D eigenvalue weighted by Crippen LogP contribution is 2.26. The summed E-state index contributed by atoms with van der Waals surface area (Å²) < 4.78 is 10.6. The number of oxazole rings is 1. The molecule has 1 heterocycles. The molecule has 0 aliphatic heterocycles. The van der Waals surface area contributed by atoms with Crippen LogP contribution in [0.1, 0.15) is 10.4 Å². The molecule has 1 aromatic heterocycles. The molecule has 0 aliphatic rings. The second kappa shape index (κ2) is 5.92. The van der Waals surface area contributed by atoms with Crippen molar-refractivity contribution in [2.24, 2.45) is 0 Å². The Morgan fingerprint density at radius 1 is 1.32 bits per heavy atom. The van der Waals surface area contributed by atoms with Gasteiger partial charge in [-0.15, -0.1) is 6.42 Å². The van der Waals surface area contributed by atoms with Crippen molar-refractivity contribution in [3.8, 4) is 23.8 Å². The van der Waals surface area contributed by atoms with E-state index in [4.69, 9.17) is 27.2 Å². The largest absolute Gasteiger partial charge is 0.449 e. The van der Waals surface area contributed by atoms with Crippen LogP contribution >= 0.6 is 11.6 Å². The van der Waals surface area contributed by atoms with E-state index in [0.29, 0.717) is 33.1 Å². The van der Waals surface area contributed by atoms with Gasteiger partial charge >= 0.3 is 5.97 Å². The molecule has 0 saturated carbocycles. The van der Waals surface area contributed by atoms with Crippen LogP contribution < -0.4 is 0 Å². The van der Waals surface area contributed by atoms with Crippen molar-refractivity contribution in [2.45, 2.75) is 0 Å². The topological polar surface area (TPSA) is 52.3 Å². The molecule has 0 saturated heterocycles. The smallest absolute Gasteiger partial charge is 0.339 e. The van der Waals surface area contributed by atoms with Gasteiger partial charge in [0.05, 0.1) is 5.56 Å². The minimum Gasteiger partial charge on any atom is -0.449 e. The van der Waals surface area contributed by atoms with Crippen LogP contribution in [0.2, 0.25) is 5.02 Å². The molecular formula is C17H10ClNO3. The average molecular weight is 312 g/mol. The molecular weight excluding hydrogens is 302 g/mol. The number of hydrogen-bond donors (Lipinski definition) is 0. The van der Waals surface area contributed by atoms with E-state index in [2.05, 4.69) is 10.9 Å². The number of fused-ring (bicyclic) bond motifs is 1. The number of carbonyl (C=O) groups excluding carboxylic acids is 1. The Hall–Kier alpha value is -2.77. The van der Waals surface area contributed by atoms with Crippen molar-refractivity contribution in [1.82, 2.24) is 4.98 Å². The van der Waals surface area contributed by atoms with E-state index < -0.39 is 5.97 Å². The number of carbonyl (C=O) groups is 1. The Morgan fingerprint density at radius 3 is 3.00 bits per heavy atom. The molecule has 5 heteroatoms. The Balaban J connectivity index is 1.96. The first-order chi connectivity index (χ1) is 10.7. The van der Waals surface area contributed by atoms with Gasteiger partial charge in [-0.25, -0.2) is 9.78 Å². The third-order valence-electron chi connectivity index (χ3n) is 2.98. The van der Waals surface area contributed by atoms with Gasteiger partial charge in [0.1, 0.15) is 5.52 Å². The maximum absolute atomic E-state index is 11.8. The van der Waals surface area contributed by atoms with E-state index in [1.807, 2.05) is 0 Å². The number of benzene rings is 2. The molecule has 22 heavy (non-hydrogen) atoms. The molecule has 0 amide bonds. The van der Waals surface area contributed by atoms with Crippen LogP contribution in [-0.4, -0.2) is 17.6 Å². The first-order valence-electron chi connectivity index (χ1n) is 6.44. The van der Waals surface area contributed by atoms with Gasteiger partial charge in [0.15, 0.2) is 12.2 Å². The van der Waals surface area contributed by atoms with E-state index >= 15 is 0 Å². The lowest BCUT2D eigenvalue weighted by atomic mass is 10.1. The van der Waals surface area contributed by atoms with Crippen molar-refractivity contribution >= 4 is 28.7 Å². The molecule has 0 radical (unpaired) electrons. The highest BCUT2D eigenvalue weighted by Gasteiger charge is 2.12. The Labute approximate surface area is 131 Å². The maximum atomic E-state index is 11.8. The van der Waals surface area contributed by atoms with Crippen molar-refractivity contribution < 1.29 is 13.9 Å². The predicted octanol–water partition coefficient (Wildman–Crippen LogP) is 3.94. The van der Waals surface area contributed by atoms with E-state index in [9.17, 15) is 4.79 Å². The molecule has 0 bridgehead atoms. The molecule has 0 spiro atoms. The van der Waals surface area contributed by atoms with Crippen molar-refractivity contribution in [2.75, 3.05) is 6.61 Å². The number of halogens is 1. The number of terminal acetylenes is 1. The second-order valence-corrected chi connectivity index (χ2v) is 4.93. The van der Waals surface area contributed by atoms with Gasteiger partial charge < -0.3 is 9.15 Å². The first kappa shape index (κ1) is 14.2. The van der Waals surface area contributed by atoms with Crippen LogP contribution in [-0.2, 0) is 4.74 Å². The number of aromatic nitrogens is 1. The fourth-order valence-electron chi connectivity index (χ4n) is 1.99. The summed E-state index contributed by atoms with van der Waals surface area (Å²) in [6, 6.07) is 12.0. The number of nitrogens with zero attached hydrogens (tertiary/aromatic N) is 1. The SMILES string of the molecule is C#CCOC(=O)c1cccc(-c2nc3cc(Cl)ccc3o2)c1. The molecule has 0 unspecified atom stereocenters. The molecule has 2 aromatic carbocycles. The molecule has 0 N–H and O–H groups in total. The van der Waals surface area contributed by atoms with Crippen molar-refractivity contribution in [3.05, 3.63) is 53.1 Å². The number of hydrogen-bond acceptors (Lipinski definition) is 4. The summed E-state index contributed by atoms with van der Waals surface area (Å²) in [7, 11) is 0. The second-order valence-electron chi connectivity index (χ2n) is 4.49. The van der Waals surface area contributed by atoms with Gasteiger partial charge in [-0.05, 0) is 36.4 Å². The zero-order valence-electron chi connectivity index (χ0n) is 11.4. The van der Waals surface area contributed by atoms with Crippen molar-refractivity contribution in [3.63, 3.8) is 0 Å². The summed E-state index contributed by atoms with van der Waals surface area (Å²) >= 11 is 5.93. The number of ether oxygens (including phenoxy) is 1. The quantitative estimate of drug-likeness (QED) is 0.543. The van der Waals surface area contributed by atoms with Gasteiger partial charge in [-0.3, -0.25) is 0 Å². The lowest BCUT2D eigenvalue weighted by molar-refractivity contribution is 0.0557. The maximum Gasteiger partial charge on any atom is 0.339 e. The Bertz CT molecular complexity index is 892. The van der Waals surface area contributed by atoms with E-state index in [-0.39, 0.29) is 6.61 Å². The van der Waals surface area contributed by atoms with Crippen LogP contribution in [0.15, 0.2) is 46.9 Å². The zero-order valence-corrected chi connectivity index (χ0v) is 12.1. The molecule has 4 nitrogen and oxygen atoms in total. The van der Waals surface area contributed by atoms with E-state index in [1.165, 1.54) is 0 Å². The average Bonchev–Trinajstić information content (AvgIpc) is 2.95. The molecule has 0 aliphatic carbocycles. The fraction of sp³-hybridized carbons (Fsp3) is 0.0588. The molecule has 0 atom stereocenters. The van der Waals surface area contributed by atoms with Crippen LogP contribution in [0.5, 0.6) is 0 Å². The molecule has 3 rings (SSSR count). The lowest BCUT2D eigenvalue weighted by Crippen LogP contribution is -2.05. The molecule has 108 valence electrons. The summed E-state index contributed by atoms with van der Waals surface area (Å²) in [6.45, 7) is -0.0650. The summed E-state index contributed by atoms with van der Waals surface area (Å²) in [5.41, 5.74) is 2.33. The summed E-state index contributed by atoms with van der Waals surface area (Å²) in [6.07, 6.45) is 5.07. The minimum atomic E-state index is -0.487. The van der Waals surface area contributed by atoms with Gasteiger partial charge in [0, 0.05) is 10.6 Å². The Kier molecular flexibility index (Phi) is 3.82. The van der Waals surface area contributed by atoms with Crippen LogP contribution in [0.3, 0.4) is 0 Å². The Morgan fingerprint density at radius 2 is 2.18 bits per heavy atom.